The molecule has 0 aliphatic carbocycles. The molecule has 3 aromatic rings. The molecule has 0 saturated heterocycles. The highest BCUT2D eigenvalue weighted by Crippen LogP contribution is 2.20. The smallest absolute Gasteiger partial charge is 0.328 e. The average Bonchev–Trinajstić information content (AvgIpc) is 3.09. The molecular formula is C20H19FN2O4. The average molecular weight is 370 g/mol. The number of halogens is 1. The molecule has 6 nitrogen and oxygen atoms in total. The molecule has 1 heterocycles. The first kappa shape index (κ1) is 18.4. The van der Waals surface area contributed by atoms with E-state index in [-0.39, 0.29) is 12.0 Å². The van der Waals surface area contributed by atoms with Crippen LogP contribution in [0.1, 0.15) is 15.9 Å². The number of esters is 1. The summed E-state index contributed by atoms with van der Waals surface area (Å²) in [4.78, 5) is 27.8. The quantitative estimate of drug-likeness (QED) is 0.654. The number of rotatable bonds is 6. The molecule has 2 N–H and O–H groups in total. The molecule has 1 amide bonds. The molecule has 0 aliphatic rings. The summed E-state index contributed by atoms with van der Waals surface area (Å²) in [5.41, 5.74) is 1.59. The zero-order valence-electron chi connectivity index (χ0n) is 14.9. The van der Waals surface area contributed by atoms with Crippen molar-refractivity contribution in [2.75, 3.05) is 14.2 Å². The maximum Gasteiger partial charge on any atom is 0.328 e. The summed E-state index contributed by atoms with van der Waals surface area (Å²) in [6.45, 7) is 0. The highest BCUT2D eigenvalue weighted by Gasteiger charge is 2.25. The lowest BCUT2D eigenvalue weighted by atomic mass is 10.0. The molecule has 3 rings (SSSR count). The molecule has 0 radical (unpaired) electrons. The van der Waals surface area contributed by atoms with Gasteiger partial charge in [0.1, 0.15) is 17.6 Å². The predicted octanol–water partition coefficient (Wildman–Crippen LogP) is 2.83. The van der Waals surface area contributed by atoms with Crippen molar-refractivity contribution < 1.29 is 23.5 Å². The molecule has 1 aromatic heterocycles. The van der Waals surface area contributed by atoms with Crippen molar-refractivity contribution in [2.45, 2.75) is 12.5 Å². The number of hydrogen-bond acceptors (Lipinski definition) is 4. The summed E-state index contributed by atoms with van der Waals surface area (Å²) >= 11 is 0. The minimum Gasteiger partial charge on any atom is -0.497 e. The Hall–Kier alpha value is -3.35. The zero-order chi connectivity index (χ0) is 19.4. The van der Waals surface area contributed by atoms with Gasteiger partial charge in [0.05, 0.1) is 19.8 Å². The van der Waals surface area contributed by atoms with Crippen LogP contribution < -0.4 is 10.1 Å². The zero-order valence-corrected chi connectivity index (χ0v) is 14.9. The molecule has 1 atom stereocenters. The van der Waals surface area contributed by atoms with Gasteiger partial charge in [0.15, 0.2) is 0 Å². The number of amides is 1. The molecule has 140 valence electrons. The molecule has 0 unspecified atom stereocenters. The van der Waals surface area contributed by atoms with Gasteiger partial charge in [-0.1, -0.05) is 18.2 Å². The van der Waals surface area contributed by atoms with Crippen molar-refractivity contribution in [1.82, 2.24) is 10.3 Å². The SMILES string of the molecule is COC(=O)[C@@H](Cc1c[nH]c2ccccc12)NC(=O)c1ccc(OC)cc1F. The second-order valence-corrected chi connectivity index (χ2v) is 5.96. The minimum atomic E-state index is -0.955. The van der Waals surface area contributed by atoms with E-state index in [0.29, 0.717) is 5.75 Å². The Bertz CT molecular complexity index is 983. The fraction of sp³-hybridized carbons (Fsp3) is 0.200. The summed E-state index contributed by atoms with van der Waals surface area (Å²) in [6.07, 6.45) is 1.99. The Morgan fingerprint density at radius 1 is 1.19 bits per heavy atom. The van der Waals surface area contributed by atoms with Gasteiger partial charge in [-0.2, -0.15) is 0 Å². The molecule has 7 heteroatoms. The summed E-state index contributed by atoms with van der Waals surface area (Å²) in [5, 5.41) is 3.50. The summed E-state index contributed by atoms with van der Waals surface area (Å²) in [7, 11) is 2.65. The van der Waals surface area contributed by atoms with E-state index >= 15 is 0 Å². The number of fused-ring (bicyclic) bond motifs is 1. The number of aromatic amines is 1. The number of ether oxygens (including phenoxy) is 2. The maximum atomic E-state index is 14.1. The number of methoxy groups -OCH3 is 2. The second kappa shape index (κ2) is 7.90. The van der Waals surface area contributed by atoms with Gasteiger partial charge in [-0.05, 0) is 23.8 Å². The number of aromatic nitrogens is 1. The molecule has 2 aromatic carbocycles. The van der Waals surface area contributed by atoms with Crippen LogP contribution in [-0.2, 0) is 16.0 Å². The Balaban J connectivity index is 1.83. The van der Waals surface area contributed by atoms with Crippen molar-refractivity contribution in [1.29, 1.82) is 0 Å². The third-order valence-corrected chi connectivity index (χ3v) is 4.31. The Kier molecular flexibility index (Phi) is 5.40. The van der Waals surface area contributed by atoms with Gasteiger partial charge in [0.25, 0.3) is 5.91 Å². The van der Waals surface area contributed by atoms with Crippen LogP contribution in [-0.4, -0.2) is 37.1 Å². The first-order chi connectivity index (χ1) is 13.0. The second-order valence-electron chi connectivity index (χ2n) is 5.96. The van der Waals surface area contributed by atoms with Crippen LogP contribution in [0.25, 0.3) is 10.9 Å². The van der Waals surface area contributed by atoms with Gasteiger partial charge in [0.2, 0.25) is 0 Å². The third kappa shape index (κ3) is 3.92. The van der Waals surface area contributed by atoms with Crippen molar-refractivity contribution in [3.8, 4) is 5.75 Å². The fourth-order valence-electron chi connectivity index (χ4n) is 2.90. The molecule has 27 heavy (non-hydrogen) atoms. The van der Waals surface area contributed by atoms with E-state index in [2.05, 4.69) is 10.3 Å². The van der Waals surface area contributed by atoms with Crippen LogP contribution in [0.2, 0.25) is 0 Å². The van der Waals surface area contributed by atoms with Crippen LogP contribution in [0.5, 0.6) is 5.75 Å². The standard InChI is InChI=1S/C20H19FN2O4/c1-26-13-7-8-15(16(21)10-13)19(24)23-18(20(25)27-2)9-12-11-22-17-6-4-3-5-14(12)17/h3-8,10-11,18,22H,9H2,1-2H3,(H,23,24)/t18-/m1/s1. The van der Waals surface area contributed by atoms with Crippen LogP contribution in [0, 0.1) is 5.82 Å². The van der Waals surface area contributed by atoms with E-state index < -0.39 is 23.7 Å². The van der Waals surface area contributed by atoms with Gasteiger partial charge >= 0.3 is 5.97 Å². The molecule has 0 saturated carbocycles. The van der Waals surface area contributed by atoms with E-state index in [9.17, 15) is 14.0 Å². The lowest BCUT2D eigenvalue weighted by Crippen LogP contribution is -2.43. The van der Waals surface area contributed by atoms with Crippen molar-refractivity contribution >= 4 is 22.8 Å². The molecule has 0 aliphatic heterocycles. The van der Waals surface area contributed by atoms with Crippen LogP contribution in [0.3, 0.4) is 0 Å². The largest absolute Gasteiger partial charge is 0.497 e. The molecule has 0 fully saturated rings. The fourth-order valence-corrected chi connectivity index (χ4v) is 2.90. The van der Waals surface area contributed by atoms with E-state index in [0.717, 1.165) is 22.5 Å². The van der Waals surface area contributed by atoms with Crippen molar-refractivity contribution in [2.24, 2.45) is 0 Å². The Morgan fingerprint density at radius 3 is 2.67 bits per heavy atom. The number of carbonyl (C=O) groups is 2. The van der Waals surface area contributed by atoms with Crippen LogP contribution in [0.15, 0.2) is 48.7 Å². The highest BCUT2D eigenvalue weighted by atomic mass is 19.1. The minimum absolute atomic E-state index is 0.177. The van der Waals surface area contributed by atoms with E-state index in [1.54, 1.807) is 6.20 Å². The van der Waals surface area contributed by atoms with Crippen molar-refractivity contribution in [3.05, 3.63) is 65.6 Å². The van der Waals surface area contributed by atoms with E-state index in [4.69, 9.17) is 9.47 Å². The summed E-state index contributed by atoms with van der Waals surface area (Å²) < 4.78 is 23.9. The Labute approximate surface area is 155 Å². The normalized spacial score (nSPS) is 11.8. The van der Waals surface area contributed by atoms with Gasteiger partial charge in [-0.15, -0.1) is 0 Å². The predicted molar refractivity (Wildman–Crippen MR) is 98.2 cm³/mol. The lowest BCUT2D eigenvalue weighted by Gasteiger charge is -2.17. The first-order valence-corrected chi connectivity index (χ1v) is 8.30. The van der Waals surface area contributed by atoms with Crippen molar-refractivity contribution in [3.63, 3.8) is 0 Å². The topological polar surface area (TPSA) is 80.4 Å². The number of nitrogens with one attached hydrogen (secondary N) is 2. The van der Waals surface area contributed by atoms with E-state index in [1.807, 2.05) is 24.3 Å². The molecule has 0 bridgehead atoms. The van der Waals surface area contributed by atoms with Gasteiger partial charge < -0.3 is 19.8 Å². The van der Waals surface area contributed by atoms with Crippen LogP contribution in [0.4, 0.5) is 4.39 Å². The van der Waals surface area contributed by atoms with Gasteiger partial charge in [0, 0.05) is 29.6 Å². The van der Waals surface area contributed by atoms with Gasteiger partial charge in [-0.3, -0.25) is 4.79 Å². The first-order valence-electron chi connectivity index (χ1n) is 8.30. The number of carbonyl (C=O) groups excluding carboxylic acids is 2. The number of para-hydroxylation sites is 1. The summed E-state index contributed by atoms with van der Waals surface area (Å²) in [5.74, 6) is -1.75. The third-order valence-electron chi connectivity index (χ3n) is 4.31. The van der Waals surface area contributed by atoms with E-state index in [1.165, 1.54) is 26.4 Å². The number of H-pyrrole nitrogens is 1. The Morgan fingerprint density at radius 2 is 1.96 bits per heavy atom. The monoisotopic (exact) mass is 370 g/mol. The number of benzene rings is 2. The highest BCUT2D eigenvalue weighted by molar-refractivity contribution is 5.97. The molecule has 0 spiro atoms. The lowest BCUT2D eigenvalue weighted by molar-refractivity contribution is -0.142. The molecular weight excluding hydrogens is 351 g/mol. The number of hydrogen-bond donors (Lipinski definition) is 2. The van der Waals surface area contributed by atoms with Crippen LogP contribution >= 0.6 is 0 Å². The maximum absolute atomic E-state index is 14.1. The summed E-state index contributed by atoms with van der Waals surface area (Å²) in [6, 6.07) is 10.6. The van der Waals surface area contributed by atoms with Gasteiger partial charge in [-0.25, -0.2) is 9.18 Å².